The van der Waals surface area contributed by atoms with Crippen molar-refractivity contribution in [3.05, 3.63) is 35.9 Å². The molecule has 4 atom stereocenters. The summed E-state index contributed by atoms with van der Waals surface area (Å²) in [5.41, 5.74) is 6.92. The Hall–Kier alpha value is -2.94. The third-order valence-electron chi connectivity index (χ3n) is 5.19. The second kappa shape index (κ2) is 13.5. The van der Waals surface area contributed by atoms with Crippen LogP contribution in [0, 0.1) is 11.8 Å². The second-order valence-corrected chi connectivity index (χ2v) is 8.47. The molecule has 0 bridgehead atoms. The zero-order valence-electron chi connectivity index (χ0n) is 19.3. The van der Waals surface area contributed by atoms with Crippen molar-refractivity contribution in [2.45, 2.75) is 65.1 Å². The van der Waals surface area contributed by atoms with Gasteiger partial charge < -0.3 is 26.8 Å². The highest BCUT2D eigenvalue weighted by Gasteiger charge is 2.27. The molecule has 0 heterocycles. The van der Waals surface area contributed by atoms with Crippen LogP contribution in [0.1, 0.15) is 46.1 Å². The van der Waals surface area contributed by atoms with E-state index in [0.717, 1.165) is 5.56 Å². The third kappa shape index (κ3) is 9.47. The van der Waals surface area contributed by atoms with Crippen molar-refractivity contribution in [2.75, 3.05) is 6.54 Å². The first-order valence-corrected chi connectivity index (χ1v) is 10.9. The van der Waals surface area contributed by atoms with Crippen LogP contribution in [0.3, 0.4) is 0 Å². The molecule has 4 unspecified atom stereocenters. The fraction of sp³-hybridized carbons (Fsp3) is 0.565. The number of carbonyl (C=O) groups excluding carboxylic acids is 3. The normalized spacial score (nSPS) is 14.7. The first kappa shape index (κ1) is 27.1. The first-order valence-electron chi connectivity index (χ1n) is 10.9. The maximum absolute atomic E-state index is 12.6. The van der Waals surface area contributed by atoms with Crippen molar-refractivity contribution in [1.82, 2.24) is 16.0 Å². The highest BCUT2D eigenvalue weighted by Crippen LogP contribution is 2.08. The van der Waals surface area contributed by atoms with Crippen LogP contribution >= 0.6 is 0 Å². The number of carboxylic acid groups (broad SMARTS) is 1. The predicted molar refractivity (Wildman–Crippen MR) is 122 cm³/mol. The molecular weight excluding hydrogens is 412 g/mol. The molecule has 9 nitrogen and oxygen atoms in total. The lowest BCUT2D eigenvalue weighted by Crippen LogP contribution is -2.54. The Morgan fingerprint density at radius 2 is 1.62 bits per heavy atom. The Labute approximate surface area is 189 Å². The van der Waals surface area contributed by atoms with Gasteiger partial charge in [0, 0.05) is 0 Å². The molecule has 0 spiro atoms. The van der Waals surface area contributed by atoms with Gasteiger partial charge in [0.05, 0.1) is 12.6 Å². The number of benzene rings is 1. The van der Waals surface area contributed by atoms with E-state index in [4.69, 9.17) is 5.73 Å². The van der Waals surface area contributed by atoms with E-state index in [-0.39, 0.29) is 18.4 Å². The molecule has 178 valence electrons. The molecule has 0 aliphatic carbocycles. The van der Waals surface area contributed by atoms with E-state index in [9.17, 15) is 24.3 Å². The number of carboxylic acids is 1. The summed E-state index contributed by atoms with van der Waals surface area (Å²) in [6.07, 6.45) is 1.27. The summed E-state index contributed by atoms with van der Waals surface area (Å²) in [5, 5.41) is 16.9. The Morgan fingerprint density at radius 3 is 2.16 bits per heavy atom. The molecule has 0 radical (unpaired) electrons. The monoisotopic (exact) mass is 448 g/mol. The predicted octanol–water partition coefficient (Wildman–Crippen LogP) is 0.819. The summed E-state index contributed by atoms with van der Waals surface area (Å²) < 4.78 is 0. The van der Waals surface area contributed by atoms with Gasteiger partial charge >= 0.3 is 5.97 Å². The Kier molecular flexibility index (Phi) is 11.4. The Bertz CT molecular complexity index is 769. The number of amides is 3. The first-order chi connectivity index (χ1) is 15.0. The molecule has 0 fully saturated rings. The quantitative estimate of drug-likeness (QED) is 0.301. The standard InChI is InChI=1S/C23H36N4O5/c1-5-15(4)20(23(31)32)27-19(28)13-25-22(30)18(11-14(2)3)26-21(29)17(24)12-16-9-7-6-8-10-16/h6-10,14-15,17-18,20H,5,11-13,24H2,1-4H3,(H,25,30)(H,26,29)(H,27,28)(H,31,32). The molecule has 3 amide bonds. The molecule has 1 aromatic carbocycles. The summed E-state index contributed by atoms with van der Waals surface area (Å²) in [6, 6.07) is 6.60. The number of nitrogens with two attached hydrogens (primary N) is 1. The molecule has 0 aliphatic heterocycles. The van der Waals surface area contributed by atoms with E-state index in [0.29, 0.717) is 19.3 Å². The van der Waals surface area contributed by atoms with Crippen molar-refractivity contribution >= 4 is 23.7 Å². The molecule has 6 N–H and O–H groups in total. The van der Waals surface area contributed by atoms with Gasteiger partial charge in [-0.05, 0) is 30.2 Å². The molecule has 0 aliphatic rings. The lowest BCUT2D eigenvalue weighted by molar-refractivity contribution is -0.143. The third-order valence-corrected chi connectivity index (χ3v) is 5.19. The lowest BCUT2D eigenvalue weighted by atomic mass is 9.99. The van der Waals surface area contributed by atoms with Crippen molar-refractivity contribution in [2.24, 2.45) is 17.6 Å². The van der Waals surface area contributed by atoms with Crippen LogP contribution < -0.4 is 21.7 Å². The molecule has 0 saturated carbocycles. The van der Waals surface area contributed by atoms with Gasteiger partial charge in [-0.15, -0.1) is 0 Å². The largest absolute Gasteiger partial charge is 0.480 e. The Morgan fingerprint density at radius 1 is 1.00 bits per heavy atom. The molecule has 1 aromatic rings. The fourth-order valence-electron chi connectivity index (χ4n) is 3.14. The van der Waals surface area contributed by atoms with E-state index in [1.54, 1.807) is 6.92 Å². The highest BCUT2D eigenvalue weighted by atomic mass is 16.4. The summed E-state index contributed by atoms with van der Waals surface area (Å²) in [4.78, 5) is 48.7. The smallest absolute Gasteiger partial charge is 0.326 e. The van der Waals surface area contributed by atoms with Crippen LogP contribution in [-0.4, -0.2) is 53.5 Å². The zero-order valence-corrected chi connectivity index (χ0v) is 19.3. The fourth-order valence-corrected chi connectivity index (χ4v) is 3.14. The summed E-state index contributed by atoms with van der Waals surface area (Å²) >= 11 is 0. The molecule has 0 aromatic heterocycles. The minimum atomic E-state index is -1.13. The van der Waals surface area contributed by atoms with Crippen LogP contribution in [0.5, 0.6) is 0 Å². The summed E-state index contributed by atoms with van der Waals surface area (Å²) in [5.74, 6) is -2.87. The van der Waals surface area contributed by atoms with Gasteiger partial charge in [-0.25, -0.2) is 4.79 Å². The lowest BCUT2D eigenvalue weighted by Gasteiger charge is -2.23. The van der Waals surface area contributed by atoms with E-state index in [1.165, 1.54) is 0 Å². The highest BCUT2D eigenvalue weighted by molar-refractivity contribution is 5.92. The van der Waals surface area contributed by atoms with Crippen LogP contribution in [0.4, 0.5) is 0 Å². The minimum Gasteiger partial charge on any atom is -0.480 e. The van der Waals surface area contributed by atoms with Crippen molar-refractivity contribution in [3.8, 4) is 0 Å². The van der Waals surface area contributed by atoms with E-state index < -0.39 is 41.8 Å². The maximum Gasteiger partial charge on any atom is 0.326 e. The van der Waals surface area contributed by atoms with Gasteiger partial charge in [-0.1, -0.05) is 64.4 Å². The zero-order chi connectivity index (χ0) is 24.3. The Balaban J connectivity index is 2.68. The maximum atomic E-state index is 12.6. The summed E-state index contributed by atoms with van der Waals surface area (Å²) in [6.45, 7) is 6.99. The average Bonchev–Trinajstić information content (AvgIpc) is 2.74. The number of carbonyl (C=O) groups is 4. The number of rotatable bonds is 13. The number of hydrogen-bond donors (Lipinski definition) is 5. The van der Waals surface area contributed by atoms with Gasteiger partial charge in [-0.3, -0.25) is 14.4 Å². The van der Waals surface area contributed by atoms with Crippen LogP contribution in [0.25, 0.3) is 0 Å². The SMILES string of the molecule is CCC(C)C(NC(=O)CNC(=O)C(CC(C)C)NC(=O)C(N)Cc1ccccc1)C(=O)O. The van der Waals surface area contributed by atoms with Gasteiger partial charge in [0.2, 0.25) is 17.7 Å². The average molecular weight is 449 g/mol. The van der Waals surface area contributed by atoms with Crippen LogP contribution in [-0.2, 0) is 25.6 Å². The van der Waals surface area contributed by atoms with E-state index in [2.05, 4.69) is 16.0 Å². The molecule has 9 heteroatoms. The van der Waals surface area contributed by atoms with Gasteiger partial charge in [-0.2, -0.15) is 0 Å². The molecule has 32 heavy (non-hydrogen) atoms. The molecule has 1 rings (SSSR count). The second-order valence-electron chi connectivity index (χ2n) is 8.47. The number of nitrogens with one attached hydrogen (secondary N) is 3. The van der Waals surface area contributed by atoms with Gasteiger partial charge in [0.1, 0.15) is 12.1 Å². The van der Waals surface area contributed by atoms with Crippen LogP contribution in [0.2, 0.25) is 0 Å². The van der Waals surface area contributed by atoms with E-state index in [1.807, 2.05) is 51.1 Å². The number of aliphatic carboxylic acids is 1. The van der Waals surface area contributed by atoms with Gasteiger partial charge in [0.25, 0.3) is 0 Å². The van der Waals surface area contributed by atoms with Crippen molar-refractivity contribution < 1.29 is 24.3 Å². The van der Waals surface area contributed by atoms with Crippen molar-refractivity contribution in [3.63, 3.8) is 0 Å². The topological polar surface area (TPSA) is 151 Å². The number of hydrogen-bond acceptors (Lipinski definition) is 5. The summed E-state index contributed by atoms with van der Waals surface area (Å²) in [7, 11) is 0. The molecular formula is C23H36N4O5. The van der Waals surface area contributed by atoms with Crippen LogP contribution in [0.15, 0.2) is 30.3 Å². The molecule has 0 saturated heterocycles. The van der Waals surface area contributed by atoms with Gasteiger partial charge in [0.15, 0.2) is 0 Å². The van der Waals surface area contributed by atoms with E-state index >= 15 is 0 Å². The minimum absolute atomic E-state index is 0.104. The van der Waals surface area contributed by atoms with Crippen molar-refractivity contribution in [1.29, 1.82) is 0 Å².